The van der Waals surface area contributed by atoms with Crippen molar-refractivity contribution >= 4 is 5.91 Å². The highest BCUT2D eigenvalue weighted by Crippen LogP contribution is 2.25. The topological polar surface area (TPSA) is 76.5 Å². The van der Waals surface area contributed by atoms with Gasteiger partial charge in [0.15, 0.2) is 0 Å². The zero-order valence-corrected chi connectivity index (χ0v) is 16.6. The van der Waals surface area contributed by atoms with Crippen molar-refractivity contribution in [1.82, 2.24) is 20.0 Å². The summed E-state index contributed by atoms with van der Waals surface area (Å²) in [5.41, 5.74) is 1.58. The van der Waals surface area contributed by atoms with Gasteiger partial charge >= 0.3 is 0 Å². The summed E-state index contributed by atoms with van der Waals surface area (Å²) in [6, 6.07) is 11.2. The van der Waals surface area contributed by atoms with Crippen molar-refractivity contribution in [1.29, 1.82) is 0 Å². The number of amides is 1. The number of carbonyl (C=O) groups is 1. The van der Waals surface area contributed by atoms with Gasteiger partial charge in [-0.1, -0.05) is 18.6 Å². The molecular formula is C21H28N4O3. The SMILES string of the molecule is COc1ccc(C(CNC(=O)Cn2nc(C)ccc2=O)N2CCCCC2)cc1. The number of hydrogen-bond donors (Lipinski definition) is 1. The van der Waals surface area contributed by atoms with Crippen molar-refractivity contribution in [2.24, 2.45) is 0 Å². The van der Waals surface area contributed by atoms with Gasteiger partial charge in [-0.2, -0.15) is 5.10 Å². The lowest BCUT2D eigenvalue weighted by Gasteiger charge is -2.35. The molecule has 0 aliphatic carbocycles. The van der Waals surface area contributed by atoms with Gasteiger partial charge in [0.2, 0.25) is 5.91 Å². The fourth-order valence-electron chi connectivity index (χ4n) is 3.58. The van der Waals surface area contributed by atoms with E-state index in [1.165, 1.54) is 30.0 Å². The molecule has 1 atom stereocenters. The molecule has 1 fully saturated rings. The zero-order valence-electron chi connectivity index (χ0n) is 16.6. The van der Waals surface area contributed by atoms with Crippen molar-refractivity contribution in [2.75, 3.05) is 26.7 Å². The summed E-state index contributed by atoms with van der Waals surface area (Å²) in [7, 11) is 1.65. The molecule has 1 N–H and O–H groups in total. The van der Waals surface area contributed by atoms with Crippen LogP contribution in [0.15, 0.2) is 41.2 Å². The van der Waals surface area contributed by atoms with Crippen LogP contribution in [0.5, 0.6) is 5.75 Å². The predicted octanol–water partition coefficient (Wildman–Crippen LogP) is 1.90. The molecule has 1 aliphatic heterocycles. The fourth-order valence-corrected chi connectivity index (χ4v) is 3.58. The van der Waals surface area contributed by atoms with E-state index >= 15 is 0 Å². The monoisotopic (exact) mass is 384 g/mol. The lowest BCUT2D eigenvalue weighted by Crippen LogP contribution is -2.42. The average molecular weight is 384 g/mol. The van der Waals surface area contributed by atoms with Gasteiger partial charge in [-0.05, 0) is 56.6 Å². The zero-order chi connectivity index (χ0) is 19.9. The molecular weight excluding hydrogens is 356 g/mol. The van der Waals surface area contributed by atoms with E-state index in [9.17, 15) is 9.59 Å². The van der Waals surface area contributed by atoms with E-state index in [-0.39, 0.29) is 24.1 Å². The lowest BCUT2D eigenvalue weighted by atomic mass is 10.0. The van der Waals surface area contributed by atoms with Crippen LogP contribution in [0, 0.1) is 6.92 Å². The smallest absolute Gasteiger partial charge is 0.267 e. The number of rotatable bonds is 7. The number of carbonyl (C=O) groups excluding carboxylic acids is 1. The van der Waals surface area contributed by atoms with E-state index in [0.29, 0.717) is 12.2 Å². The lowest BCUT2D eigenvalue weighted by molar-refractivity contribution is -0.122. The summed E-state index contributed by atoms with van der Waals surface area (Å²) in [4.78, 5) is 26.7. The van der Waals surface area contributed by atoms with Gasteiger partial charge in [0.25, 0.3) is 5.56 Å². The molecule has 0 bridgehead atoms. The Morgan fingerprint density at radius 3 is 2.54 bits per heavy atom. The quantitative estimate of drug-likeness (QED) is 0.789. The highest BCUT2D eigenvalue weighted by Gasteiger charge is 2.23. The van der Waals surface area contributed by atoms with Crippen LogP contribution in [0.25, 0.3) is 0 Å². The Kier molecular flexibility index (Phi) is 6.81. The molecule has 28 heavy (non-hydrogen) atoms. The molecule has 1 aliphatic rings. The first kappa shape index (κ1) is 20.1. The summed E-state index contributed by atoms with van der Waals surface area (Å²) in [5, 5.41) is 7.12. The van der Waals surface area contributed by atoms with Crippen molar-refractivity contribution in [3.05, 3.63) is 58.0 Å². The summed E-state index contributed by atoms with van der Waals surface area (Å²) in [6.07, 6.45) is 3.59. The Balaban J connectivity index is 1.68. The number of hydrogen-bond acceptors (Lipinski definition) is 5. The third-order valence-electron chi connectivity index (χ3n) is 5.12. The van der Waals surface area contributed by atoms with E-state index in [1.807, 2.05) is 12.1 Å². The molecule has 0 radical (unpaired) electrons. The van der Waals surface area contributed by atoms with Crippen molar-refractivity contribution in [3.63, 3.8) is 0 Å². The molecule has 1 aromatic carbocycles. The second-order valence-electron chi connectivity index (χ2n) is 7.16. The maximum absolute atomic E-state index is 12.4. The number of benzene rings is 1. The van der Waals surface area contributed by atoms with Gasteiger partial charge in [0, 0.05) is 12.6 Å². The van der Waals surface area contributed by atoms with Crippen molar-refractivity contribution in [2.45, 2.75) is 38.8 Å². The standard InChI is InChI=1S/C21H28N4O3/c1-16-6-11-21(27)25(23-16)15-20(26)22-14-19(24-12-4-3-5-13-24)17-7-9-18(28-2)10-8-17/h6-11,19H,3-5,12-15H2,1-2H3,(H,22,26). The number of likely N-dealkylation sites (tertiary alicyclic amines) is 1. The van der Waals surface area contributed by atoms with Crippen LogP contribution in [0.2, 0.25) is 0 Å². The Labute approximate surface area is 165 Å². The molecule has 7 heteroatoms. The minimum atomic E-state index is -0.275. The molecule has 7 nitrogen and oxygen atoms in total. The number of nitrogens with one attached hydrogen (secondary N) is 1. The summed E-state index contributed by atoms with van der Waals surface area (Å²) < 4.78 is 6.46. The largest absolute Gasteiger partial charge is 0.497 e. The number of piperidine rings is 1. The fraction of sp³-hybridized carbons (Fsp3) is 0.476. The average Bonchev–Trinajstić information content (AvgIpc) is 2.72. The van der Waals surface area contributed by atoms with E-state index in [4.69, 9.17) is 4.74 Å². The van der Waals surface area contributed by atoms with E-state index < -0.39 is 0 Å². The van der Waals surface area contributed by atoms with Crippen LogP contribution in [-0.4, -0.2) is 47.3 Å². The molecule has 2 aromatic rings. The molecule has 3 rings (SSSR count). The van der Waals surface area contributed by atoms with Crippen LogP contribution >= 0.6 is 0 Å². The molecule has 150 valence electrons. The summed E-state index contributed by atoms with van der Waals surface area (Å²) in [5.74, 6) is 0.603. The molecule has 1 saturated heterocycles. The Morgan fingerprint density at radius 2 is 1.86 bits per heavy atom. The van der Waals surface area contributed by atoms with Crippen LogP contribution in [0.3, 0.4) is 0 Å². The van der Waals surface area contributed by atoms with Crippen LogP contribution in [-0.2, 0) is 11.3 Å². The third kappa shape index (κ3) is 5.19. The minimum absolute atomic E-state index is 0.0736. The van der Waals surface area contributed by atoms with Crippen LogP contribution in [0.4, 0.5) is 0 Å². The molecule has 2 heterocycles. The summed E-state index contributed by atoms with van der Waals surface area (Å²) >= 11 is 0. The van der Waals surface area contributed by atoms with E-state index in [2.05, 4.69) is 27.4 Å². The van der Waals surface area contributed by atoms with E-state index in [0.717, 1.165) is 24.4 Å². The van der Waals surface area contributed by atoms with Gasteiger partial charge in [-0.3, -0.25) is 14.5 Å². The highest BCUT2D eigenvalue weighted by atomic mass is 16.5. The number of aryl methyl sites for hydroxylation is 1. The number of ether oxygens (including phenoxy) is 1. The Hall–Kier alpha value is -2.67. The minimum Gasteiger partial charge on any atom is -0.497 e. The maximum Gasteiger partial charge on any atom is 0.267 e. The molecule has 1 amide bonds. The van der Waals surface area contributed by atoms with Gasteiger partial charge in [-0.15, -0.1) is 0 Å². The predicted molar refractivity (Wildman–Crippen MR) is 107 cm³/mol. The molecule has 1 unspecified atom stereocenters. The number of aromatic nitrogens is 2. The maximum atomic E-state index is 12.4. The first-order valence-electron chi connectivity index (χ1n) is 9.76. The van der Waals surface area contributed by atoms with E-state index in [1.54, 1.807) is 20.1 Å². The Morgan fingerprint density at radius 1 is 1.14 bits per heavy atom. The number of nitrogens with zero attached hydrogens (tertiary/aromatic N) is 3. The van der Waals surface area contributed by atoms with Gasteiger partial charge in [-0.25, -0.2) is 4.68 Å². The first-order chi connectivity index (χ1) is 13.6. The molecule has 1 aromatic heterocycles. The molecule has 0 saturated carbocycles. The highest BCUT2D eigenvalue weighted by molar-refractivity contribution is 5.75. The second-order valence-corrected chi connectivity index (χ2v) is 7.16. The second kappa shape index (κ2) is 9.50. The third-order valence-corrected chi connectivity index (χ3v) is 5.12. The van der Waals surface area contributed by atoms with Crippen molar-refractivity contribution < 1.29 is 9.53 Å². The summed E-state index contributed by atoms with van der Waals surface area (Å²) in [6.45, 7) is 4.25. The van der Waals surface area contributed by atoms with Gasteiger partial charge in [0.05, 0.1) is 18.8 Å². The number of methoxy groups -OCH3 is 1. The van der Waals surface area contributed by atoms with Crippen LogP contribution in [0.1, 0.15) is 36.6 Å². The van der Waals surface area contributed by atoms with Gasteiger partial charge < -0.3 is 10.1 Å². The Bertz CT molecular complexity index is 841. The molecule has 0 spiro atoms. The van der Waals surface area contributed by atoms with Crippen LogP contribution < -0.4 is 15.6 Å². The normalized spacial score (nSPS) is 15.8. The van der Waals surface area contributed by atoms with Gasteiger partial charge in [0.1, 0.15) is 12.3 Å². The first-order valence-corrected chi connectivity index (χ1v) is 9.76. The van der Waals surface area contributed by atoms with Crippen molar-refractivity contribution in [3.8, 4) is 5.75 Å².